The molecule has 2 N–H and O–H groups in total. The van der Waals surface area contributed by atoms with E-state index in [0.717, 1.165) is 22.3 Å². The quantitative estimate of drug-likeness (QED) is 0.900. The summed E-state index contributed by atoms with van der Waals surface area (Å²) in [7, 11) is 0. The Balaban J connectivity index is 2.08. The van der Waals surface area contributed by atoms with E-state index < -0.39 is 0 Å². The maximum absolute atomic E-state index is 9.57. The third-order valence-electron chi connectivity index (χ3n) is 2.88. The van der Waals surface area contributed by atoms with Crippen LogP contribution < -0.4 is 5.32 Å². The van der Waals surface area contributed by atoms with Gasteiger partial charge in [0.05, 0.1) is 12.1 Å². The third kappa shape index (κ3) is 2.93. The normalized spacial score (nSPS) is 25.4. The molecule has 0 spiro atoms. The van der Waals surface area contributed by atoms with Crippen LogP contribution in [-0.4, -0.2) is 28.8 Å². The Morgan fingerprint density at radius 1 is 1.38 bits per heavy atom. The number of nitrogens with one attached hydrogen (secondary N) is 1. The Morgan fingerprint density at radius 2 is 2.12 bits per heavy atom. The number of anilines is 1. The Kier molecular flexibility index (Phi) is 4.16. The molecule has 0 saturated carbocycles. The second-order valence-electron chi connectivity index (χ2n) is 4.23. The van der Waals surface area contributed by atoms with Crippen molar-refractivity contribution >= 4 is 33.4 Å². The molecule has 16 heavy (non-hydrogen) atoms. The van der Waals surface area contributed by atoms with E-state index in [0.29, 0.717) is 0 Å². The van der Waals surface area contributed by atoms with E-state index >= 15 is 0 Å². The minimum absolute atomic E-state index is 0.128. The molecule has 0 bridgehead atoms. The molecule has 1 atom stereocenters. The lowest BCUT2D eigenvalue weighted by Crippen LogP contribution is -2.46. The number of thioether (sulfide) groups is 1. The maximum atomic E-state index is 9.57. The summed E-state index contributed by atoms with van der Waals surface area (Å²) in [6, 6.07) is 8.12. The Hall–Kier alpha value is -0.190. The SMILES string of the molecule is OCC1(Nc2ccc(Br)cc2)CCCSC1. The van der Waals surface area contributed by atoms with Crippen molar-refractivity contribution in [3.63, 3.8) is 0 Å². The Labute approximate surface area is 109 Å². The van der Waals surface area contributed by atoms with E-state index in [1.54, 1.807) is 0 Å². The second-order valence-corrected chi connectivity index (χ2v) is 6.25. The van der Waals surface area contributed by atoms with Crippen LogP contribution in [0.2, 0.25) is 0 Å². The van der Waals surface area contributed by atoms with E-state index in [2.05, 4.69) is 21.2 Å². The fourth-order valence-electron chi connectivity index (χ4n) is 1.95. The molecule has 1 aliphatic heterocycles. The first-order chi connectivity index (χ1) is 7.74. The lowest BCUT2D eigenvalue weighted by molar-refractivity contribution is 0.215. The van der Waals surface area contributed by atoms with Crippen LogP contribution in [0.4, 0.5) is 5.69 Å². The molecule has 1 fully saturated rings. The molecule has 1 saturated heterocycles. The van der Waals surface area contributed by atoms with Gasteiger partial charge in [0.1, 0.15) is 0 Å². The van der Waals surface area contributed by atoms with Crippen molar-refractivity contribution in [1.82, 2.24) is 0 Å². The molecular formula is C12H16BrNOS. The van der Waals surface area contributed by atoms with E-state index in [1.807, 2.05) is 36.0 Å². The molecular weight excluding hydrogens is 286 g/mol. The van der Waals surface area contributed by atoms with Crippen LogP contribution in [0.25, 0.3) is 0 Å². The number of benzene rings is 1. The van der Waals surface area contributed by atoms with Crippen molar-refractivity contribution in [3.05, 3.63) is 28.7 Å². The van der Waals surface area contributed by atoms with Crippen molar-refractivity contribution in [2.24, 2.45) is 0 Å². The smallest absolute Gasteiger partial charge is 0.0694 e. The standard InChI is InChI=1S/C12H16BrNOS/c13-10-2-4-11(5-3-10)14-12(8-15)6-1-7-16-9-12/h2-5,14-15H,1,6-9H2. The zero-order chi connectivity index (χ0) is 11.4. The van der Waals surface area contributed by atoms with Gasteiger partial charge in [-0.1, -0.05) is 15.9 Å². The van der Waals surface area contributed by atoms with E-state index in [1.165, 1.54) is 12.2 Å². The van der Waals surface area contributed by atoms with Crippen molar-refractivity contribution in [2.45, 2.75) is 18.4 Å². The first-order valence-electron chi connectivity index (χ1n) is 5.46. The van der Waals surface area contributed by atoms with Crippen LogP contribution in [0.1, 0.15) is 12.8 Å². The van der Waals surface area contributed by atoms with Gasteiger partial charge in [-0.05, 0) is 42.9 Å². The van der Waals surface area contributed by atoms with Crippen molar-refractivity contribution in [2.75, 3.05) is 23.4 Å². The van der Waals surface area contributed by atoms with E-state index in [-0.39, 0.29) is 12.1 Å². The predicted octanol–water partition coefficient (Wildman–Crippen LogP) is 3.12. The summed E-state index contributed by atoms with van der Waals surface area (Å²) in [6.45, 7) is 0.204. The molecule has 1 aromatic carbocycles. The monoisotopic (exact) mass is 301 g/mol. The van der Waals surface area contributed by atoms with Gasteiger partial charge in [0.2, 0.25) is 0 Å². The van der Waals surface area contributed by atoms with Crippen molar-refractivity contribution in [1.29, 1.82) is 0 Å². The number of hydrogen-bond acceptors (Lipinski definition) is 3. The van der Waals surface area contributed by atoms with Crippen LogP contribution >= 0.6 is 27.7 Å². The fourth-order valence-corrected chi connectivity index (χ4v) is 3.41. The topological polar surface area (TPSA) is 32.3 Å². The van der Waals surface area contributed by atoms with Gasteiger partial charge in [0.25, 0.3) is 0 Å². The van der Waals surface area contributed by atoms with Crippen molar-refractivity contribution < 1.29 is 5.11 Å². The molecule has 1 aromatic rings. The molecule has 4 heteroatoms. The molecule has 2 nitrogen and oxygen atoms in total. The van der Waals surface area contributed by atoms with E-state index in [9.17, 15) is 5.11 Å². The van der Waals surface area contributed by atoms with Crippen LogP contribution in [0, 0.1) is 0 Å². The molecule has 0 radical (unpaired) electrons. The second kappa shape index (κ2) is 5.43. The number of hydrogen-bond donors (Lipinski definition) is 2. The number of aliphatic hydroxyl groups is 1. The van der Waals surface area contributed by atoms with Crippen molar-refractivity contribution in [3.8, 4) is 0 Å². The van der Waals surface area contributed by atoms with Crippen LogP contribution in [0.3, 0.4) is 0 Å². The number of halogens is 1. The first-order valence-corrected chi connectivity index (χ1v) is 7.41. The molecule has 88 valence electrons. The predicted molar refractivity (Wildman–Crippen MR) is 74.1 cm³/mol. The zero-order valence-corrected chi connectivity index (χ0v) is 11.5. The Morgan fingerprint density at radius 3 is 2.69 bits per heavy atom. The summed E-state index contributed by atoms with van der Waals surface area (Å²) in [5, 5.41) is 13.1. The van der Waals surface area contributed by atoms with E-state index in [4.69, 9.17) is 0 Å². The van der Waals surface area contributed by atoms with Gasteiger partial charge in [0, 0.05) is 15.9 Å². The van der Waals surface area contributed by atoms with Crippen LogP contribution in [-0.2, 0) is 0 Å². The summed E-state index contributed by atoms with van der Waals surface area (Å²) >= 11 is 5.34. The molecule has 0 aliphatic carbocycles. The average Bonchev–Trinajstić information content (AvgIpc) is 2.33. The van der Waals surface area contributed by atoms with Gasteiger partial charge < -0.3 is 10.4 Å². The molecule has 1 aliphatic rings. The fraction of sp³-hybridized carbons (Fsp3) is 0.500. The molecule has 0 aromatic heterocycles. The largest absolute Gasteiger partial charge is 0.394 e. The maximum Gasteiger partial charge on any atom is 0.0694 e. The van der Waals surface area contributed by atoms with Crippen LogP contribution in [0.5, 0.6) is 0 Å². The molecule has 0 amide bonds. The summed E-state index contributed by atoms with van der Waals surface area (Å²) in [6.07, 6.45) is 2.22. The summed E-state index contributed by atoms with van der Waals surface area (Å²) in [5.74, 6) is 2.20. The summed E-state index contributed by atoms with van der Waals surface area (Å²) in [5.41, 5.74) is 0.955. The van der Waals surface area contributed by atoms with Gasteiger partial charge in [-0.3, -0.25) is 0 Å². The summed E-state index contributed by atoms with van der Waals surface area (Å²) in [4.78, 5) is 0. The number of aliphatic hydroxyl groups excluding tert-OH is 1. The Bertz CT molecular complexity index is 335. The highest BCUT2D eigenvalue weighted by molar-refractivity contribution is 9.10. The highest BCUT2D eigenvalue weighted by Gasteiger charge is 2.31. The number of rotatable bonds is 3. The highest BCUT2D eigenvalue weighted by atomic mass is 79.9. The highest BCUT2D eigenvalue weighted by Crippen LogP contribution is 2.30. The van der Waals surface area contributed by atoms with Crippen LogP contribution in [0.15, 0.2) is 28.7 Å². The minimum atomic E-state index is -0.128. The summed E-state index contributed by atoms with van der Waals surface area (Å²) < 4.78 is 1.08. The third-order valence-corrected chi connectivity index (χ3v) is 4.74. The van der Waals surface area contributed by atoms with Gasteiger partial charge in [0.15, 0.2) is 0 Å². The van der Waals surface area contributed by atoms with Gasteiger partial charge in [-0.2, -0.15) is 11.8 Å². The average molecular weight is 302 g/mol. The molecule has 1 heterocycles. The van der Waals surface area contributed by atoms with Gasteiger partial charge >= 0.3 is 0 Å². The molecule has 2 rings (SSSR count). The molecule has 1 unspecified atom stereocenters. The van der Waals surface area contributed by atoms with Gasteiger partial charge in [-0.25, -0.2) is 0 Å². The lowest BCUT2D eigenvalue weighted by Gasteiger charge is -2.37. The lowest BCUT2D eigenvalue weighted by atomic mass is 9.96. The minimum Gasteiger partial charge on any atom is -0.394 e. The van der Waals surface area contributed by atoms with Gasteiger partial charge in [-0.15, -0.1) is 0 Å². The first kappa shape index (κ1) is 12.3. The zero-order valence-electron chi connectivity index (χ0n) is 9.08.